The number of aldehydes is 1. The van der Waals surface area contributed by atoms with E-state index in [0.29, 0.717) is 11.8 Å². The van der Waals surface area contributed by atoms with E-state index in [1.807, 2.05) is 5.38 Å². The van der Waals surface area contributed by atoms with Crippen LogP contribution in [0.2, 0.25) is 0 Å². The van der Waals surface area contributed by atoms with Crippen LogP contribution in [-0.2, 0) is 15.0 Å². The molecule has 1 aromatic heterocycles. The van der Waals surface area contributed by atoms with Crippen molar-refractivity contribution in [1.29, 1.82) is 0 Å². The highest BCUT2D eigenvalue weighted by molar-refractivity contribution is 7.91. The van der Waals surface area contributed by atoms with Gasteiger partial charge in [0, 0.05) is 17.1 Å². The molecule has 0 saturated carbocycles. The van der Waals surface area contributed by atoms with Crippen LogP contribution in [0.3, 0.4) is 0 Å². The number of phenolic OH excluding ortho intramolecular Hbond substituents is 1. The molecule has 1 aliphatic heterocycles. The number of hydrogen-bond acceptors (Lipinski definition) is 6. The van der Waals surface area contributed by atoms with Crippen LogP contribution in [0, 0.1) is 0 Å². The normalized spacial score (nSPS) is 20.6. The first-order valence-electron chi connectivity index (χ1n) is 5.99. The van der Waals surface area contributed by atoms with Crippen LogP contribution >= 0.6 is 11.3 Å². The van der Waals surface area contributed by atoms with Gasteiger partial charge < -0.3 is 9.90 Å². The molecule has 1 unspecified atom stereocenters. The van der Waals surface area contributed by atoms with Gasteiger partial charge in [0.1, 0.15) is 17.0 Å². The lowest BCUT2D eigenvalue weighted by Gasteiger charge is -2.17. The number of carbonyl (C=O) groups excluding carboxylic acids is 1. The minimum absolute atomic E-state index is 0.0456. The molecule has 21 heavy (non-hydrogen) atoms. The molecule has 0 aliphatic carbocycles. The summed E-state index contributed by atoms with van der Waals surface area (Å²) >= 11 is 1.41. The Morgan fingerprint density at radius 1 is 1.48 bits per heavy atom. The van der Waals surface area contributed by atoms with E-state index in [4.69, 9.17) is 0 Å². The number of nitrogens with one attached hydrogen (secondary N) is 1. The van der Waals surface area contributed by atoms with Gasteiger partial charge in [-0.15, -0.1) is 11.3 Å². The van der Waals surface area contributed by atoms with Gasteiger partial charge in [0.25, 0.3) is 0 Å². The van der Waals surface area contributed by atoms with E-state index >= 15 is 0 Å². The van der Waals surface area contributed by atoms with E-state index < -0.39 is 16.3 Å². The predicted molar refractivity (Wildman–Crippen MR) is 78.5 cm³/mol. The third kappa shape index (κ3) is 2.50. The lowest BCUT2D eigenvalue weighted by Crippen LogP contribution is -2.30. The molecule has 1 saturated heterocycles. The zero-order valence-electron chi connectivity index (χ0n) is 10.6. The second kappa shape index (κ2) is 5.10. The van der Waals surface area contributed by atoms with E-state index in [0.717, 1.165) is 9.31 Å². The Morgan fingerprint density at radius 2 is 2.29 bits per heavy atom. The van der Waals surface area contributed by atoms with Crippen LogP contribution in [0.1, 0.15) is 0 Å². The molecule has 2 aromatic rings. The number of aromatic hydroxyl groups is 1. The highest BCUT2D eigenvalue weighted by atomic mass is 32.2. The molecule has 1 atom stereocenters. The number of carbonyl (C=O) groups is 1. The number of benzene rings is 1. The molecular formula is C12H11N3O4S2. The van der Waals surface area contributed by atoms with Crippen molar-refractivity contribution < 1.29 is 18.3 Å². The minimum Gasteiger partial charge on any atom is -0.506 e. The molecule has 2 N–H and O–H groups in total. The molecule has 0 amide bonds. The molecule has 9 heteroatoms. The highest BCUT2D eigenvalue weighted by Gasteiger charge is 2.36. The lowest BCUT2D eigenvalue weighted by atomic mass is 10.2. The molecule has 2 heterocycles. The summed E-state index contributed by atoms with van der Waals surface area (Å²) in [4.78, 5) is 14.9. The number of phenols is 1. The number of nitrogens with zero attached hydrogens (tertiary/aromatic N) is 2. The average molecular weight is 325 g/mol. The van der Waals surface area contributed by atoms with Gasteiger partial charge in [0.05, 0.1) is 18.3 Å². The Morgan fingerprint density at radius 3 is 2.86 bits per heavy atom. The van der Waals surface area contributed by atoms with Crippen LogP contribution in [0.4, 0.5) is 5.69 Å². The number of thiazole rings is 1. The molecule has 0 spiro atoms. The fraction of sp³-hybridized carbons (Fsp3) is 0.167. The van der Waals surface area contributed by atoms with Crippen molar-refractivity contribution in [3.8, 4) is 16.3 Å². The number of aromatic nitrogens is 1. The van der Waals surface area contributed by atoms with Crippen LogP contribution in [0.5, 0.6) is 5.75 Å². The van der Waals surface area contributed by atoms with Gasteiger partial charge in [0.2, 0.25) is 0 Å². The summed E-state index contributed by atoms with van der Waals surface area (Å²) in [5, 5.41) is 12.6. The van der Waals surface area contributed by atoms with E-state index in [1.54, 1.807) is 12.3 Å². The first-order chi connectivity index (χ1) is 10.0. The fourth-order valence-electron chi connectivity index (χ4n) is 2.10. The Balaban J connectivity index is 1.99. The van der Waals surface area contributed by atoms with Gasteiger partial charge in [0.15, 0.2) is 0 Å². The molecule has 3 rings (SSSR count). The van der Waals surface area contributed by atoms with Gasteiger partial charge >= 0.3 is 10.2 Å². The summed E-state index contributed by atoms with van der Waals surface area (Å²) in [5.74, 6) is -0.181. The van der Waals surface area contributed by atoms with Gasteiger partial charge in [-0.3, -0.25) is 4.31 Å². The molecule has 1 aliphatic rings. The zero-order valence-corrected chi connectivity index (χ0v) is 12.3. The Hall–Kier alpha value is -1.97. The van der Waals surface area contributed by atoms with Crippen molar-refractivity contribution in [3.63, 3.8) is 0 Å². The zero-order chi connectivity index (χ0) is 15.0. The van der Waals surface area contributed by atoms with Crippen molar-refractivity contribution in [1.82, 2.24) is 9.71 Å². The quantitative estimate of drug-likeness (QED) is 0.811. The van der Waals surface area contributed by atoms with Crippen LogP contribution in [0.15, 0.2) is 29.8 Å². The van der Waals surface area contributed by atoms with Crippen LogP contribution in [0.25, 0.3) is 10.6 Å². The van der Waals surface area contributed by atoms with Gasteiger partial charge in [-0.1, -0.05) is 0 Å². The Labute approximate surface area is 125 Å². The summed E-state index contributed by atoms with van der Waals surface area (Å²) in [7, 11) is -3.81. The first-order valence-corrected chi connectivity index (χ1v) is 8.31. The summed E-state index contributed by atoms with van der Waals surface area (Å²) in [6.45, 7) is -0.0456. The molecule has 1 fully saturated rings. The lowest BCUT2D eigenvalue weighted by molar-refractivity contribution is -0.108. The Bertz CT molecular complexity index is 774. The largest absolute Gasteiger partial charge is 0.506 e. The summed E-state index contributed by atoms with van der Waals surface area (Å²) in [5.41, 5.74) is 0.829. The summed E-state index contributed by atoms with van der Waals surface area (Å²) in [6.07, 6.45) is 2.17. The SMILES string of the molecule is O=CC1CN(c2ccc(-c3nccs3)cc2O)S(=O)(=O)N1. The number of anilines is 1. The van der Waals surface area contributed by atoms with Crippen molar-refractivity contribution in [3.05, 3.63) is 29.8 Å². The maximum Gasteiger partial charge on any atom is 0.302 e. The average Bonchev–Trinajstić information content (AvgIpc) is 3.06. The number of rotatable bonds is 3. The van der Waals surface area contributed by atoms with E-state index in [1.165, 1.54) is 23.5 Å². The topological polar surface area (TPSA) is 99.6 Å². The monoisotopic (exact) mass is 325 g/mol. The molecular weight excluding hydrogens is 314 g/mol. The van der Waals surface area contributed by atoms with E-state index in [9.17, 15) is 18.3 Å². The molecule has 0 radical (unpaired) electrons. The fourth-order valence-corrected chi connectivity index (χ4v) is 4.15. The predicted octanol–water partition coefficient (Wildman–Crippen LogP) is 0.738. The maximum absolute atomic E-state index is 11.9. The molecule has 7 nitrogen and oxygen atoms in total. The van der Waals surface area contributed by atoms with Crippen molar-refractivity contribution in [2.75, 3.05) is 10.8 Å². The smallest absolute Gasteiger partial charge is 0.302 e. The second-order valence-corrected chi connectivity index (χ2v) is 6.96. The van der Waals surface area contributed by atoms with Crippen LogP contribution in [-0.4, -0.2) is 37.4 Å². The van der Waals surface area contributed by atoms with E-state index in [2.05, 4.69) is 9.71 Å². The first kappa shape index (κ1) is 14.0. The van der Waals surface area contributed by atoms with Gasteiger partial charge in [-0.25, -0.2) is 4.98 Å². The molecule has 110 valence electrons. The number of hydrogen-bond donors (Lipinski definition) is 2. The maximum atomic E-state index is 11.9. The van der Waals surface area contributed by atoms with Crippen molar-refractivity contribution in [2.45, 2.75) is 6.04 Å². The molecule has 1 aromatic carbocycles. The van der Waals surface area contributed by atoms with Crippen LogP contribution < -0.4 is 9.03 Å². The molecule has 0 bridgehead atoms. The summed E-state index contributed by atoms with van der Waals surface area (Å²) < 4.78 is 27.0. The standard InChI is InChI=1S/C12H11N3O4S2/c16-7-9-6-15(21(18,19)14-9)10-2-1-8(5-11(10)17)12-13-3-4-20-12/h1-5,7,9,14,17H,6H2. The second-order valence-electron chi connectivity index (χ2n) is 4.44. The third-order valence-corrected chi connectivity index (χ3v) is 5.39. The third-order valence-electron chi connectivity index (χ3n) is 3.04. The highest BCUT2D eigenvalue weighted by Crippen LogP contribution is 2.35. The Kier molecular flexibility index (Phi) is 3.40. The van der Waals surface area contributed by atoms with E-state index in [-0.39, 0.29) is 18.0 Å². The summed E-state index contributed by atoms with van der Waals surface area (Å²) in [6, 6.07) is 3.82. The van der Waals surface area contributed by atoms with Gasteiger partial charge in [-0.2, -0.15) is 13.1 Å². The van der Waals surface area contributed by atoms with Crippen molar-refractivity contribution in [2.24, 2.45) is 0 Å². The van der Waals surface area contributed by atoms with Gasteiger partial charge in [-0.05, 0) is 18.2 Å². The van der Waals surface area contributed by atoms with Crippen molar-refractivity contribution >= 4 is 33.5 Å². The minimum atomic E-state index is -3.81.